The van der Waals surface area contributed by atoms with Crippen molar-refractivity contribution >= 4 is 30.7 Å². The van der Waals surface area contributed by atoms with Crippen LogP contribution < -0.4 is 11.1 Å². The van der Waals surface area contributed by atoms with Crippen LogP contribution in [0.25, 0.3) is 0 Å². The number of carbonyl (C=O) groups excluding carboxylic acids is 1. The minimum Gasteiger partial charge on any atom is -0.348 e. The lowest BCUT2D eigenvalue weighted by molar-refractivity contribution is -0.122. The lowest BCUT2D eigenvalue weighted by atomic mass is 10.1. The highest BCUT2D eigenvalue weighted by atomic mass is 35.5. The summed E-state index contributed by atoms with van der Waals surface area (Å²) in [5.74, 6) is 0.000651. The second-order valence-corrected chi connectivity index (χ2v) is 4.97. The number of benzene rings is 1. The van der Waals surface area contributed by atoms with E-state index in [0.29, 0.717) is 6.42 Å². The Morgan fingerprint density at radius 1 is 1.25 bits per heavy atom. The zero-order chi connectivity index (χ0) is 13.5. The molecule has 2 unspecified atom stereocenters. The Labute approximate surface area is 133 Å². The molecule has 0 spiro atoms. The first-order valence-electron chi connectivity index (χ1n) is 6.23. The number of carbonyl (C=O) groups is 1. The third kappa shape index (κ3) is 8.38. The van der Waals surface area contributed by atoms with Gasteiger partial charge >= 0.3 is 0 Å². The summed E-state index contributed by atoms with van der Waals surface area (Å²) in [6.45, 7) is 2.61. The van der Waals surface area contributed by atoms with Gasteiger partial charge in [0.15, 0.2) is 0 Å². The highest BCUT2D eigenvalue weighted by molar-refractivity contribution is 5.85. The van der Waals surface area contributed by atoms with Gasteiger partial charge in [0.25, 0.3) is 0 Å². The van der Waals surface area contributed by atoms with Gasteiger partial charge in [-0.05, 0) is 26.6 Å². The number of hydrogen-bond acceptors (Lipinski definition) is 3. The summed E-state index contributed by atoms with van der Waals surface area (Å²) in [5.41, 5.74) is 6.75. The molecule has 0 bridgehead atoms. The first-order chi connectivity index (χ1) is 8.49. The number of amides is 1. The van der Waals surface area contributed by atoms with Crippen molar-refractivity contribution in [2.24, 2.45) is 5.73 Å². The van der Waals surface area contributed by atoms with Crippen molar-refractivity contribution in [2.45, 2.75) is 25.4 Å². The number of halogens is 2. The lowest BCUT2D eigenvalue weighted by Gasteiger charge is -2.23. The van der Waals surface area contributed by atoms with E-state index in [1.807, 2.05) is 51.4 Å². The molecule has 0 aliphatic carbocycles. The second-order valence-electron chi connectivity index (χ2n) is 4.97. The molecule has 116 valence electrons. The van der Waals surface area contributed by atoms with Crippen molar-refractivity contribution in [1.82, 2.24) is 10.2 Å². The second kappa shape index (κ2) is 10.9. The van der Waals surface area contributed by atoms with Gasteiger partial charge in [0.1, 0.15) is 0 Å². The monoisotopic (exact) mass is 321 g/mol. The van der Waals surface area contributed by atoms with Gasteiger partial charge in [-0.1, -0.05) is 30.3 Å². The molecule has 1 rings (SSSR count). The van der Waals surface area contributed by atoms with Crippen molar-refractivity contribution in [3.05, 3.63) is 35.9 Å². The van der Waals surface area contributed by atoms with Crippen LogP contribution in [-0.2, 0) is 4.79 Å². The molecular formula is C14H25Cl2N3O. The number of rotatable bonds is 6. The van der Waals surface area contributed by atoms with Gasteiger partial charge in [0.05, 0.1) is 6.04 Å². The van der Waals surface area contributed by atoms with Crippen LogP contribution in [0.3, 0.4) is 0 Å². The summed E-state index contributed by atoms with van der Waals surface area (Å²) < 4.78 is 0. The Hall–Kier alpha value is -0.810. The van der Waals surface area contributed by atoms with Crippen LogP contribution in [0.1, 0.15) is 24.9 Å². The van der Waals surface area contributed by atoms with E-state index in [1.54, 1.807) is 0 Å². The Bertz CT molecular complexity index is 372. The fraction of sp³-hybridized carbons (Fsp3) is 0.500. The number of nitrogens with one attached hydrogen (secondary N) is 1. The summed E-state index contributed by atoms with van der Waals surface area (Å²) >= 11 is 0. The average molecular weight is 322 g/mol. The lowest BCUT2D eigenvalue weighted by Crippen LogP contribution is -2.37. The van der Waals surface area contributed by atoms with E-state index in [-0.39, 0.29) is 42.8 Å². The Kier molecular flexibility index (Phi) is 11.7. The summed E-state index contributed by atoms with van der Waals surface area (Å²) in [6, 6.07) is 9.89. The normalized spacial score (nSPS) is 12.8. The molecule has 6 heteroatoms. The average Bonchev–Trinajstić information content (AvgIpc) is 2.27. The van der Waals surface area contributed by atoms with Gasteiger partial charge in [-0.15, -0.1) is 24.8 Å². The maximum atomic E-state index is 11.8. The minimum absolute atomic E-state index is 0. The molecule has 1 aromatic carbocycles. The van der Waals surface area contributed by atoms with Crippen LogP contribution in [0.5, 0.6) is 0 Å². The Balaban J connectivity index is 0. The van der Waals surface area contributed by atoms with Gasteiger partial charge in [-0.3, -0.25) is 4.79 Å². The van der Waals surface area contributed by atoms with Crippen molar-refractivity contribution < 1.29 is 4.79 Å². The quantitative estimate of drug-likeness (QED) is 0.842. The van der Waals surface area contributed by atoms with Crippen LogP contribution in [0.15, 0.2) is 30.3 Å². The van der Waals surface area contributed by atoms with E-state index in [4.69, 9.17) is 5.73 Å². The smallest absolute Gasteiger partial charge is 0.222 e. The molecule has 0 heterocycles. The van der Waals surface area contributed by atoms with Gasteiger partial charge in [-0.25, -0.2) is 0 Å². The third-order valence-electron chi connectivity index (χ3n) is 2.59. The molecule has 0 saturated carbocycles. The highest BCUT2D eigenvalue weighted by Gasteiger charge is 2.15. The SMILES string of the molecule is CC(N)CC(=O)NC(CN(C)C)c1ccccc1.Cl.Cl. The molecular weight excluding hydrogens is 297 g/mol. The van der Waals surface area contributed by atoms with E-state index in [9.17, 15) is 4.79 Å². The molecule has 20 heavy (non-hydrogen) atoms. The van der Waals surface area contributed by atoms with Crippen LogP contribution in [-0.4, -0.2) is 37.5 Å². The van der Waals surface area contributed by atoms with Crippen LogP contribution in [0, 0.1) is 0 Å². The number of hydrogen-bond donors (Lipinski definition) is 2. The van der Waals surface area contributed by atoms with Gasteiger partial charge in [-0.2, -0.15) is 0 Å². The molecule has 4 nitrogen and oxygen atoms in total. The fourth-order valence-electron chi connectivity index (χ4n) is 1.83. The van der Waals surface area contributed by atoms with Crippen LogP contribution in [0.2, 0.25) is 0 Å². The standard InChI is InChI=1S/C14H23N3O.2ClH/c1-11(15)9-14(18)16-13(10-17(2)3)12-7-5-4-6-8-12;;/h4-8,11,13H,9-10,15H2,1-3H3,(H,16,18);2*1H. The molecule has 0 saturated heterocycles. The largest absolute Gasteiger partial charge is 0.348 e. The molecule has 0 aliphatic heterocycles. The molecule has 3 N–H and O–H groups in total. The zero-order valence-electron chi connectivity index (χ0n) is 12.2. The number of nitrogens with two attached hydrogens (primary N) is 1. The van der Waals surface area contributed by atoms with Crippen molar-refractivity contribution in [2.75, 3.05) is 20.6 Å². The Morgan fingerprint density at radius 2 is 1.80 bits per heavy atom. The summed E-state index contributed by atoms with van der Waals surface area (Å²) in [7, 11) is 3.99. The van der Waals surface area contributed by atoms with Crippen LogP contribution in [0.4, 0.5) is 0 Å². The molecule has 0 aliphatic rings. The molecule has 0 fully saturated rings. The molecule has 0 radical (unpaired) electrons. The first kappa shape index (κ1) is 21.5. The molecule has 1 aromatic rings. The van der Waals surface area contributed by atoms with E-state index in [2.05, 4.69) is 10.2 Å². The molecule has 1 amide bonds. The first-order valence-corrected chi connectivity index (χ1v) is 6.23. The topological polar surface area (TPSA) is 58.4 Å². The molecule has 2 atom stereocenters. The molecule has 0 aromatic heterocycles. The van der Waals surface area contributed by atoms with Crippen molar-refractivity contribution in [3.63, 3.8) is 0 Å². The number of likely N-dealkylation sites (N-methyl/N-ethyl adjacent to an activating group) is 1. The minimum atomic E-state index is -0.110. The highest BCUT2D eigenvalue weighted by Crippen LogP contribution is 2.13. The number of nitrogens with zero attached hydrogens (tertiary/aromatic N) is 1. The zero-order valence-corrected chi connectivity index (χ0v) is 13.8. The maximum absolute atomic E-state index is 11.8. The van der Waals surface area contributed by atoms with Crippen molar-refractivity contribution in [1.29, 1.82) is 0 Å². The fourth-order valence-corrected chi connectivity index (χ4v) is 1.83. The predicted octanol–water partition coefficient (Wildman–Crippen LogP) is 1.99. The summed E-state index contributed by atoms with van der Waals surface area (Å²) in [6.07, 6.45) is 0.358. The summed E-state index contributed by atoms with van der Waals surface area (Å²) in [5, 5.41) is 3.04. The van der Waals surface area contributed by atoms with E-state index >= 15 is 0 Å². The maximum Gasteiger partial charge on any atom is 0.222 e. The van der Waals surface area contributed by atoms with E-state index in [1.165, 1.54) is 0 Å². The van der Waals surface area contributed by atoms with Crippen LogP contribution >= 0.6 is 24.8 Å². The third-order valence-corrected chi connectivity index (χ3v) is 2.59. The van der Waals surface area contributed by atoms with Gasteiger partial charge in [0, 0.05) is 19.0 Å². The van der Waals surface area contributed by atoms with Gasteiger partial charge in [0.2, 0.25) is 5.91 Å². The van der Waals surface area contributed by atoms with E-state index in [0.717, 1.165) is 12.1 Å². The van der Waals surface area contributed by atoms with Gasteiger partial charge < -0.3 is 16.0 Å². The Morgan fingerprint density at radius 3 is 2.25 bits per heavy atom. The predicted molar refractivity (Wildman–Crippen MR) is 88.6 cm³/mol. The van der Waals surface area contributed by atoms with Crippen molar-refractivity contribution in [3.8, 4) is 0 Å². The van der Waals surface area contributed by atoms with E-state index < -0.39 is 0 Å². The summed E-state index contributed by atoms with van der Waals surface area (Å²) in [4.78, 5) is 13.9.